The predicted molar refractivity (Wildman–Crippen MR) is 224 cm³/mol. The molecule has 17 heteroatoms. The average molecular weight is 864 g/mol. The summed E-state index contributed by atoms with van der Waals surface area (Å²) < 4.78 is 58.7. The van der Waals surface area contributed by atoms with Gasteiger partial charge in [-0.2, -0.15) is 0 Å². The maximum absolute atomic E-state index is 14.6. The first-order chi connectivity index (χ1) is 29.0. The third-order valence-corrected chi connectivity index (χ3v) is 14.5. The van der Waals surface area contributed by atoms with E-state index in [0.29, 0.717) is 41.8 Å². The number of alkyl halides is 1. The largest absolute Gasteiger partial charge is 0.497 e. The minimum absolute atomic E-state index is 0.0164. The normalized spacial score (nSPS) is 27.5. The highest BCUT2D eigenvalue weighted by atomic mass is 32.2. The number of hydrogen-bond acceptors (Lipinski definition) is 10. The second-order valence-electron chi connectivity index (χ2n) is 17.3. The molecule has 7 atom stereocenters. The number of pyridine rings is 1. The van der Waals surface area contributed by atoms with E-state index in [0.717, 1.165) is 10.9 Å². The van der Waals surface area contributed by atoms with Gasteiger partial charge in [-0.15, -0.1) is 0 Å². The van der Waals surface area contributed by atoms with Gasteiger partial charge in [0.1, 0.15) is 46.6 Å². The van der Waals surface area contributed by atoms with Crippen LogP contribution in [0.3, 0.4) is 0 Å². The second kappa shape index (κ2) is 17.1. The van der Waals surface area contributed by atoms with E-state index in [1.165, 1.54) is 4.90 Å². The fraction of sp³-hybridized carbons (Fsp3) is 0.523. The van der Waals surface area contributed by atoms with Gasteiger partial charge in [0.05, 0.1) is 25.5 Å². The van der Waals surface area contributed by atoms with Crippen LogP contribution in [0.1, 0.15) is 72.6 Å². The van der Waals surface area contributed by atoms with E-state index in [1.54, 1.807) is 32.2 Å². The Morgan fingerprint density at radius 3 is 2.44 bits per heavy atom. The lowest BCUT2D eigenvalue weighted by atomic mass is 9.88. The molecule has 3 heterocycles. The molecule has 2 aliphatic carbocycles. The summed E-state index contributed by atoms with van der Waals surface area (Å²) in [6.45, 7) is 6.38. The average Bonchev–Trinajstić information content (AvgIpc) is 4.12. The number of sulfonamides is 1. The van der Waals surface area contributed by atoms with Crippen LogP contribution in [0.5, 0.6) is 17.4 Å². The van der Waals surface area contributed by atoms with Crippen molar-refractivity contribution >= 4 is 44.6 Å². The van der Waals surface area contributed by atoms with Crippen molar-refractivity contribution in [3.63, 3.8) is 0 Å². The summed E-state index contributed by atoms with van der Waals surface area (Å²) in [6.07, 6.45) is 3.31. The number of carbonyl (C=O) groups excluding carboxylic acids is 3. The van der Waals surface area contributed by atoms with Crippen LogP contribution >= 0.6 is 0 Å². The number of methoxy groups -OCH3 is 1. The summed E-state index contributed by atoms with van der Waals surface area (Å²) in [5, 5.41) is 16.5. The third-order valence-electron chi connectivity index (χ3n) is 12.3. The molecule has 0 spiro atoms. The van der Waals surface area contributed by atoms with Crippen molar-refractivity contribution in [2.75, 3.05) is 20.3 Å². The Morgan fingerprint density at radius 1 is 1.07 bits per heavy atom. The number of hydrogen-bond donors (Lipinski definition) is 4. The number of aromatic nitrogens is 1. The monoisotopic (exact) mass is 863 g/mol. The maximum atomic E-state index is 14.6. The zero-order valence-electron chi connectivity index (χ0n) is 35.0. The number of fused-ring (bicyclic) bond motifs is 3. The van der Waals surface area contributed by atoms with Crippen LogP contribution in [0.2, 0.25) is 0 Å². The second-order valence-corrected chi connectivity index (χ2v) is 19.4. The fourth-order valence-corrected chi connectivity index (χ4v) is 10.0. The van der Waals surface area contributed by atoms with Crippen LogP contribution in [0, 0.1) is 17.8 Å². The van der Waals surface area contributed by atoms with Gasteiger partial charge in [-0.05, 0) is 118 Å². The van der Waals surface area contributed by atoms with Gasteiger partial charge in [0.15, 0.2) is 0 Å². The Kier molecular flexibility index (Phi) is 12.3. The quantitative estimate of drug-likeness (QED) is 0.177. The zero-order chi connectivity index (χ0) is 43.9. The molecule has 1 saturated heterocycles. The van der Waals surface area contributed by atoms with Gasteiger partial charge < -0.3 is 34.9 Å². The molecule has 61 heavy (non-hydrogen) atoms. The topological polar surface area (TPSA) is 203 Å². The van der Waals surface area contributed by atoms with E-state index >= 15 is 0 Å². The maximum Gasteiger partial charge on any atom is 0.405 e. The summed E-state index contributed by atoms with van der Waals surface area (Å²) in [7, 11) is -2.86. The number of allylic oxidation sites excluding steroid dienone is 1. The van der Waals surface area contributed by atoms with Gasteiger partial charge in [0.2, 0.25) is 27.7 Å². The summed E-state index contributed by atoms with van der Waals surface area (Å²) in [6, 6.07) is 12.3. The van der Waals surface area contributed by atoms with Gasteiger partial charge in [-0.25, -0.2) is 22.6 Å². The summed E-state index contributed by atoms with van der Waals surface area (Å²) in [5.74, 6) is -1.85. The summed E-state index contributed by atoms with van der Waals surface area (Å²) in [5.41, 5.74) is -0.360. The molecule has 1 aromatic heterocycles. The van der Waals surface area contributed by atoms with Crippen LogP contribution in [0.25, 0.3) is 22.0 Å². The molecule has 3 aromatic rings. The van der Waals surface area contributed by atoms with Crippen molar-refractivity contribution in [1.29, 1.82) is 0 Å². The lowest BCUT2D eigenvalue weighted by molar-refractivity contribution is -0.142. The van der Waals surface area contributed by atoms with Crippen LogP contribution in [-0.4, -0.2) is 102 Å². The van der Waals surface area contributed by atoms with Crippen molar-refractivity contribution in [1.82, 2.24) is 25.2 Å². The first kappa shape index (κ1) is 43.6. The van der Waals surface area contributed by atoms with Gasteiger partial charge >= 0.3 is 6.09 Å². The number of nitrogens with zero attached hydrogens (tertiary/aromatic N) is 2. The minimum Gasteiger partial charge on any atom is -0.497 e. The molecule has 4 N–H and O–H groups in total. The molecular formula is C44H54FN5O10S. The van der Waals surface area contributed by atoms with E-state index in [-0.39, 0.29) is 50.1 Å². The molecule has 2 aliphatic heterocycles. The van der Waals surface area contributed by atoms with E-state index in [2.05, 4.69) is 15.4 Å². The Bertz CT molecular complexity index is 2320. The zero-order valence-corrected chi connectivity index (χ0v) is 35.8. The molecular weight excluding hydrogens is 810 g/mol. The third kappa shape index (κ3) is 9.12. The highest BCUT2D eigenvalue weighted by Gasteiger charge is 2.64. The summed E-state index contributed by atoms with van der Waals surface area (Å²) >= 11 is 0. The SMILES string of the molecule is COc1ccc2c(O[C@@H]3C[C@H]4C(=O)N[C@]5(C(=O)NS(=O)(=O)C6(CF)CC6)C[C@H]5C=CCC[C@@H](C)C[C@@H](C)[C@H](NC(=O)O)C(=O)N4C3)nc(-c3ccc(OC(C)C)cc3)cc2c1. The highest BCUT2D eigenvalue weighted by molar-refractivity contribution is 7.91. The van der Waals surface area contributed by atoms with Crippen molar-refractivity contribution in [2.45, 2.75) is 107 Å². The Labute approximate surface area is 354 Å². The molecule has 4 aliphatic rings. The van der Waals surface area contributed by atoms with E-state index in [9.17, 15) is 37.1 Å². The first-order valence-electron chi connectivity index (χ1n) is 20.8. The lowest BCUT2D eigenvalue weighted by Crippen LogP contribution is -2.59. The molecule has 15 nitrogen and oxygen atoms in total. The number of halogens is 1. The highest BCUT2D eigenvalue weighted by Crippen LogP contribution is 2.48. The van der Waals surface area contributed by atoms with Gasteiger partial charge in [0.25, 0.3) is 5.91 Å². The molecule has 3 fully saturated rings. The predicted octanol–water partition coefficient (Wildman–Crippen LogP) is 5.52. The van der Waals surface area contributed by atoms with E-state index in [1.807, 2.05) is 63.2 Å². The number of amides is 4. The molecule has 0 radical (unpaired) electrons. The molecule has 2 aromatic carbocycles. The molecule has 4 amide bonds. The van der Waals surface area contributed by atoms with Crippen LogP contribution < -0.4 is 29.6 Å². The Balaban J connectivity index is 1.24. The van der Waals surface area contributed by atoms with Crippen LogP contribution in [-0.2, 0) is 24.4 Å². The number of nitrogens with one attached hydrogen (secondary N) is 3. The van der Waals surface area contributed by atoms with Gasteiger partial charge in [0, 0.05) is 23.3 Å². The lowest BCUT2D eigenvalue weighted by Gasteiger charge is -2.32. The number of carboxylic acid groups (broad SMARTS) is 1. The minimum atomic E-state index is -4.42. The number of benzene rings is 2. The molecule has 2 saturated carbocycles. The molecule has 7 rings (SSSR count). The number of ether oxygens (including phenoxy) is 3. The van der Waals surface area contributed by atoms with Crippen LogP contribution in [0.4, 0.5) is 9.18 Å². The van der Waals surface area contributed by atoms with Gasteiger partial charge in [-0.3, -0.25) is 19.1 Å². The Hall–Kier alpha value is -5.45. The molecule has 0 unspecified atom stereocenters. The van der Waals surface area contributed by atoms with E-state index < -0.39 is 80.8 Å². The number of carbonyl (C=O) groups is 4. The van der Waals surface area contributed by atoms with Crippen molar-refractivity contribution in [3.8, 4) is 28.6 Å². The van der Waals surface area contributed by atoms with E-state index in [4.69, 9.17) is 19.2 Å². The van der Waals surface area contributed by atoms with Crippen molar-refractivity contribution in [3.05, 3.63) is 60.7 Å². The molecule has 328 valence electrons. The first-order valence-corrected chi connectivity index (χ1v) is 22.3. The standard InChI is InChI=1S/C44H54FN5O10S/c1-25(2)59-31-12-10-28(11-13-31)35-20-29-19-32(58-5)14-15-34(29)39(46-35)60-33-21-36-38(51)48-44(41(53)49-61(56,57)43(24-45)16-17-43)22-30(44)9-7-6-8-26(3)18-27(4)37(47-42(54)55)40(52)50(36)23-33/h7,9-15,19-20,25-27,30,33,36-37,47H,6,8,16-18,21-24H2,1-5H3,(H,48,51)(H,49,53)(H,54,55)/t26-,27-,30-,33-,36+,37+,44-/m1/s1. The Morgan fingerprint density at radius 2 is 1.79 bits per heavy atom. The molecule has 0 bridgehead atoms. The van der Waals surface area contributed by atoms with Gasteiger partial charge in [-0.1, -0.05) is 26.0 Å². The van der Waals surface area contributed by atoms with Crippen molar-refractivity contribution < 1.29 is 51.3 Å². The smallest absolute Gasteiger partial charge is 0.405 e. The van der Waals surface area contributed by atoms with Crippen LogP contribution in [0.15, 0.2) is 60.7 Å². The number of rotatable bonds is 11. The fourth-order valence-electron chi connectivity index (χ4n) is 8.59. The summed E-state index contributed by atoms with van der Waals surface area (Å²) in [4.78, 5) is 61.5. The van der Waals surface area contributed by atoms with Crippen molar-refractivity contribution in [2.24, 2.45) is 17.8 Å².